The predicted molar refractivity (Wildman–Crippen MR) is 156 cm³/mol. The first-order valence-corrected chi connectivity index (χ1v) is 14.3. The van der Waals surface area contributed by atoms with Crippen molar-refractivity contribution in [1.82, 2.24) is 10.2 Å². The van der Waals surface area contributed by atoms with Crippen molar-refractivity contribution in [2.75, 3.05) is 57.5 Å². The molecule has 3 aromatic rings. The highest BCUT2D eigenvalue weighted by Gasteiger charge is 2.26. The molecule has 0 bridgehead atoms. The summed E-state index contributed by atoms with van der Waals surface area (Å²) in [6, 6.07) is 21.4. The number of carbonyl (C=O) groups is 2. The van der Waals surface area contributed by atoms with Gasteiger partial charge in [0.1, 0.15) is 5.75 Å². The summed E-state index contributed by atoms with van der Waals surface area (Å²) >= 11 is 0. The quantitative estimate of drug-likeness (QED) is 0.384. The van der Waals surface area contributed by atoms with Crippen LogP contribution in [0.15, 0.2) is 60.7 Å². The van der Waals surface area contributed by atoms with E-state index in [2.05, 4.69) is 59.6 Å². The number of nitrogens with one attached hydrogen (secondary N) is 1. The molecule has 3 aromatic carbocycles. The van der Waals surface area contributed by atoms with Crippen molar-refractivity contribution in [2.45, 2.75) is 38.8 Å². The van der Waals surface area contributed by atoms with Gasteiger partial charge in [-0.1, -0.05) is 42.5 Å². The van der Waals surface area contributed by atoms with E-state index in [-0.39, 0.29) is 30.9 Å². The van der Waals surface area contributed by atoms with E-state index >= 15 is 0 Å². The number of nitrogens with zero attached hydrogens (tertiary/aromatic N) is 2. The van der Waals surface area contributed by atoms with Gasteiger partial charge in [0.2, 0.25) is 0 Å². The van der Waals surface area contributed by atoms with Crippen molar-refractivity contribution < 1.29 is 23.8 Å². The highest BCUT2D eigenvalue weighted by atomic mass is 16.5. The molecule has 0 radical (unpaired) electrons. The van der Waals surface area contributed by atoms with Gasteiger partial charge in [-0.25, -0.2) is 0 Å². The number of esters is 1. The normalized spacial score (nSPS) is 18.1. The van der Waals surface area contributed by atoms with Gasteiger partial charge in [0.15, 0.2) is 6.61 Å². The largest absolute Gasteiger partial charge is 0.483 e. The number of hydrogen-bond acceptors (Lipinski definition) is 7. The van der Waals surface area contributed by atoms with E-state index in [0.717, 1.165) is 30.8 Å². The lowest BCUT2D eigenvalue weighted by atomic mass is 9.99. The summed E-state index contributed by atoms with van der Waals surface area (Å²) in [5, 5.41) is 6.37. The van der Waals surface area contributed by atoms with Crippen LogP contribution in [0.4, 0.5) is 5.69 Å². The zero-order valence-electron chi connectivity index (χ0n) is 23.4. The van der Waals surface area contributed by atoms with E-state index in [0.29, 0.717) is 44.7 Å². The minimum atomic E-state index is -0.311. The Bertz CT molecular complexity index is 1320. The van der Waals surface area contributed by atoms with Crippen LogP contribution in [-0.4, -0.2) is 75.4 Å². The van der Waals surface area contributed by atoms with Gasteiger partial charge in [-0.05, 0) is 54.8 Å². The maximum atomic E-state index is 12.6. The lowest BCUT2D eigenvalue weighted by Gasteiger charge is -2.27. The van der Waals surface area contributed by atoms with Crippen LogP contribution in [0.5, 0.6) is 5.75 Å². The molecule has 0 saturated carbocycles. The summed E-state index contributed by atoms with van der Waals surface area (Å²) in [4.78, 5) is 29.1. The molecule has 2 aliphatic heterocycles. The van der Waals surface area contributed by atoms with Gasteiger partial charge in [-0.3, -0.25) is 9.59 Å². The maximum absolute atomic E-state index is 12.6. The van der Waals surface area contributed by atoms with E-state index < -0.39 is 0 Å². The Morgan fingerprint density at radius 1 is 1.05 bits per heavy atom. The molecule has 1 N–H and O–H groups in total. The smallest absolute Gasteiger partial charge is 0.310 e. The molecule has 212 valence electrons. The number of anilines is 1. The molecule has 1 amide bonds. The van der Waals surface area contributed by atoms with E-state index in [9.17, 15) is 9.59 Å². The van der Waals surface area contributed by atoms with Crippen molar-refractivity contribution in [1.29, 1.82) is 0 Å². The number of rotatable bonds is 10. The molecule has 0 spiro atoms. The van der Waals surface area contributed by atoms with Crippen molar-refractivity contribution in [3.8, 4) is 5.75 Å². The molecule has 2 heterocycles. The van der Waals surface area contributed by atoms with E-state index in [1.54, 1.807) is 11.8 Å². The highest BCUT2D eigenvalue weighted by molar-refractivity contribution is 5.86. The Morgan fingerprint density at radius 3 is 2.67 bits per heavy atom. The molecule has 40 heavy (non-hydrogen) atoms. The second-order valence-electron chi connectivity index (χ2n) is 10.4. The number of carbonyl (C=O) groups excluding carboxylic acids is 2. The number of morpholine rings is 1. The average molecular weight is 546 g/mol. The molecular formula is C32H39N3O5. The van der Waals surface area contributed by atoms with Crippen LogP contribution < -0.4 is 15.0 Å². The fourth-order valence-electron chi connectivity index (χ4n) is 5.65. The highest BCUT2D eigenvalue weighted by Crippen LogP contribution is 2.30. The Labute approximate surface area is 236 Å². The Morgan fingerprint density at radius 2 is 1.85 bits per heavy atom. The third kappa shape index (κ3) is 6.74. The van der Waals surface area contributed by atoms with Gasteiger partial charge in [0.25, 0.3) is 5.91 Å². The summed E-state index contributed by atoms with van der Waals surface area (Å²) in [6.45, 7) is 8.27. The van der Waals surface area contributed by atoms with Crippen LogP contribution in [0.2, 0.25) is 0 Å². The molecule has 2 saturated heterocycles. The second-order valence-corrected chi connectivity index (χ2v) is 10.4. The molecule has 5 rings (SSSR count). The summed E-state index contributed by atoms with van der Waals surface area (Å²) in [7, 11) is 0. The van der Waals surface area contributed by atoms with Crippen LogP contribution >= 0.6 is 0 Å². The SMILES string of the molecule is CCOC(=O)Cc1cc(N2CC[C@H](N[C@H](C)c3cccc4ccccc34)C2)ccc1OCC(=O)N1CCOCC1. The van der Waals surface area contributed by atoms with Gasteiger partial charge in [-0.15, -0.1) is 0 Å². The fraction of sp³-hybridized carbons (Fsp3) is 0.438. The van der Waals surface area contributed by atoms with Crippen LogP contribution in [-0.2, 0) is 25.5 Å². The number of amides is 1. The fourth-order valence-corrected chi connectivity index (χ4v) is 5.65. The molecule has 2 aliphatic rings. The lowest BCUT2D eigenvalue weighted by molar-refractivity contribution is -0.142. The average Bonchev–Trinajstić information content (AvgIpc) is 3.45. The van der Waals surface area contributed by atoms with Crippen LogP contribution in [0.1, 0.15) is 37.4 Å². The Kier molecular flexibility index (Phi) is 9.19. The molecular weight excluding hydrogens is 506 g/mol. The summed E-state index contributed by atoms with van der Waals surface area (Å²) in [5.41, 5.74) is 3.07. The zero-order valence-corrected chi connectivity index (χ0v) is 23.4. The van der Waals surface area contributed by atoms with Crippen molar-refractivity contribution in [2.24, 2.45) is 0 Å². The number of ether oxygens (including phenoxy) is 3. The summed E-state index contributed by atoms with van der Waals surface area (Å²) in [6.07, 6.45) is 1.12. The van der Waals surface area contributed by atoms with E-state index in [4.69, 9.17) is 14.2 Å². The third-order valence-corrected chi connectivity index (χ3v) is 7.73. The Hall–Kier alpha value is -3.62. The monoisotopic (exact) mass is 545 g/mol. The zero-order chi connectivity index (χ0) is 27.9. The van der Waals surface area contributed by atoms with Crippen LogP contribution in [0.25, 0.3) is 10.8 Å². The van der Waals surface area contributed by atoms with Crippen molar-refractivity contribution in [3.63, 3.8) is 0 Å². The molecule has 0 aromatic heterocycles. The van der Waals surface area contributed by atoms with Gasteiger partial charge in [0, 0.05) is 49.5 Å². The number of fused-ring (bicyclic) bond motifs is 1. The minimum absolute atomic E-state index is 0.0725. The van der Waals surface area contributed by atoms with E-state index in [1.807, 2.05) is 18.2 Å². The summed E-state index contributed by atoms with van der Waals surface area (Å²) in [5.74, 6) is 0.147. The number of benzene rings is 3. The first-order chi connectivity index (χ1) is 19.5. The topological polar surface area (TPSA) is 80.3 Å². The molecule has 2 fully saturated rings. The molecule has 2 atom stereocenters. The molecule has 8 heteroatoms. The molecule has 8 nitrogen and oxygen atoms in total. The standard InChI is InChI=1S/C32H39N3O5/c1-3-39-32(37)20-25-19-27(11-12-30(25)40-22-31(36)34-15-17-38-18-16-34)35-14-13-26(21-35)33-23(2)28-10-6-8-24-7-4-5-9-29(24)28/h4-12,19,23,26,33H,3,13-18,20-22H2,1-2H3/t23-,26+/m1/s1. The van der Waals surface area contributed by atoms with Gasteiger partial charge in [-0.2, -0.15) is 0 Å². The molecule has 0 aliphatic carbocycles. The lowest BCUT2D eigenvalue weighted by Crippen LogP contribution is -2.43. The van der Waals surface area contributed by atoms with Crippen molar-refractivity contribution in [3.05, 3.63) is 71.8 Å². The third-order valence-electron chi connectivity index (χ3n) is 7.73. The van der Waals surface area contributed by atoms with Gasteiger partial charge >= 0.3 is 5.97 Å². The second kappa shape index (κ2) is 13.2. The summed E-state index contributed by atoms with van der Waals surface area (Å²) < 4.78 is 16.5. The Balaban J connectivity index is 1.25. The van der Waals surface area contributed by atoms with Crippen LogP contribution in [0, 0.1) is 0 Å². The first kappa shape index (κ1) is 27.9. The maximum Gasteiger partial charge on any atom is 0.310 e. The van der Waals surface area contributed by atoms with Gasteiger partial charge < -0.3 is 29.3 Å². The van der Waals surface area contributed by atoms with Gasteiger partial charge in [0.05, 0.1) is 26.2 Å². The predicted octanol–water partition coefficient (Wildman–Crippen LogP) is 4.11. The van der Waals surface area contributed by atoms with Crippen molar-refractivity contribution >= 4 is 28.3 Å². The minimum Gasteiger partial charge on any atom is -0.483 e. The van der Waals surface area contributed by atoms with Crippen LogP contribution in [0.3, 0.4) is 0 Å². The van der Waals surface area contributed by atoms with E-state index in [1.165, 1.54) is 16.3 Å². The first-order valence-electron chi connectivity index (χ1n) is 14.3. The number of hydrogen-bond donors (Lipinski definition) is 1. The molecule has 0 unspecified atom stereocenters.